The molecule has 216 valence electrons. The predicted molar refractivity (Wildman–Crippen MR) is 165 cm³/mol. The molecule has 1 unspecified atom stereocenters. The lowest BCUT2D eigenvalue weighted by Crippen LogP contribution is -2.42. The number of nitrogens with zero attached hydrogens (tertiary/aromatic N) is 4. The van der Waals surface area contributed by atoms with E-state index < -0.39 is 5.92 Å². The average molecular weight is 601 g/mol. The van der Waals surface area contributed by atoms with Crippen molar-refractivity contribution >= 4 is 45.6 Å². The van der Waals surface area contributed by atoms with E-state index in [9.17, 15) is 14.9 Å². The minimum absolute atomic E-state index is 0.00447. The molecule has 2 aromatic carbocycles. The number of Topliss-reactive ketones (excluding diaryl/α,β-unsaturated/α-hetero) is 1. The number of thioether (sulfide) groups is 1. The summed E-state index contributed by atoms with van der Waals surface area (Å²) in [5.74, 6) is 0.393. The Labute approximate surface area is 253 Å². The fraction of sp³-hybridized carbons (Fsp3) is 0.323. The maximum absolute atomic E-state index is 13.7. The lowest BCUT2D eigenvalue weighted by atomic mass is 9.68. The summed E-state index contributed by atoms with van der Waals surface area (Å²) in [6, 6.07) is 17.3. The van der Waals surface area contributed by atoms with Gasteiger partial charge in [0.05, 0.1) is 29.9 Å². The van der Waals surface area contributed by atoms with Crippen LogP contribution in [-0.4, -0.2) is 34.2 Å². The van der Waals surface area contributed by atoms with Gasteiger partial charge in [-0.3, -0.25) is 14.5 Å². The molecule has 1 atom stereocenters. The Bertz CT molecular complexity index is 1630. The maximum Gasteiger partial charge on any atom is 0.234 e. The molecule has 0 spiro atoms. The van der Waals surface area contributed by atoms with Crippen molar-refractivity contribution in [3.05, 3.63) is 82.3 Å². The quantitative estimate of drug-likeness (QED) is 0.302. The Morgan fingerprint density at radius 3 is 2.64 bits per heavy atom. The van der Waals surface area contributed by atoms with E-state index in [1.807, 2.05) is 38.1 Å². The fourth-order valence-electron chi connectivity index (χ4n) is 5.43. The topological polar surface area (TPSA) is 134 Å². The molecule has 42 heavy (non-hydrogen) atoms. The van der Waals surface area contributed by atoms with E-state index in [2.05, 4.69) is 35.4 Å². The first kappa shape index (κ1) is 29.4. The number of ketones is 1. The molecule has 1 aliphatic carbocycles. The van der Waals surface area contributed by atoms with Gasteiger partial charge in [-0.15, -0.1) is 10.2 Å². The molecule has 0 fully saturated rings. The van der Waals surface area contributed by atoms with Crippen molar-refractivity contribution in [2.45, 2.75) is 50.8 Å². The van der Waals surface area contributed by atoms with Gasteiger partial charge >= 0.3 is 0 Å². The Hall–Kier alpha value is -4.14. The number of carbonyl (C=O) groups is 2. The molecular weight excluding hydrogens is 569 g/mol. The zero-order valence-corrected chi connectivity index (χ0v) is 25.6. The molecule has 1 amide bonds. The lowest BCUT2D eigenvalue weighted by molar-refractivity contribution is -0.118. The summed E-state index contributed by atoms with van der Waals surface area (Å²) in [6.45, 7) is 8.57. The second kappa shape index (κ2) is 12.0. The summed E-state index contributed by atoms with van der Waals surface area (Å²) < 4.78 is 6.01. The number of allylic oxidation sites excluding steroid dienone is 3. The van der Waals surface area contributed by atoms with Crippen molar-refractivity contribution in [3.8, 4) is 11.8 Å². The minimum Gasteiger partial charge on any atom is -0.494 e. The number of aromatic nitrogens is 2. The number of benzene rings is 2. The van der Waals surface area contributed by atoms with Crippen LogP contribution in [0.3, 0.4) is 0 Å². The highest BCUT2D eigenvalue weighted by atomic mass is 32.2. The smallest absolute Gasteiger partial charge is 0.234 e. The molecule has 5 rings (SSSR count). The fourth-order valence-corrected chi connectivity index (χ4v) is 7.11. The maximum atomic E-state index is 13.7. The van der Waals surface area contributed by atoms with Crippen LogP contribution in [0.4, 0.5) is 10.8 Å². The van der Waals surface area contributed by atoms with Gasteiger partial charge < -0.3 is 15.8 Å². The Balaban J connectivity index is 1.42. The molecular formula is C31H32N6O3S2. The van der Waals surface area contributed by atoms with Crippen molar-refractivity contribution in [2.75, 3.05) is 22.6 Å². The van der Waals surface area contributed by atoms with Crippen LogP contribution in [0.25, 0.3) is 0 Å². The average Bonchev–Trinajstić information content (AvgIpc) is 3.41. The molecule has 2 aliphatic rings. The third-order valence-corrected chi connectivity index (χ3v) is 9.29. The van der Waals surface area contributed by atoms with Crippen molar-refractivity contribution < 1.29 is 14.3 Å². The van der Waals surface area contributed by atoms with Gasteiger partial charge in [-0.25, -0.2) is 0 Å². The summed E-state index contributed by atoms with van der Waals surface area (Å²) in [5, 5.41) is 22.3. The largest absolute Gasteiger partial charge is 0.494 e. The van der Waals surface area contributed by atoms with Crippen molar-refractivity contribution in [1.29, 1.82) is 5.26 Å². The first-order valence-corrected chi connectivity index (χ1v) is 15.4. The number of nitriles is 1. The van der Waals surface area contributed by atoms with Gasteiger partial charge in [0, 0.05) is 23.4 Å². The van der Waals surface area contributed by atoms with Crippen molar-refractivity contribution in [2.24, 2.45) is 11.1 Å². The summed E-state index contributed by atoms with van der Waals surface area (Å²) in [5.41, 5.74) is 10.6. The van der Waals surface area contributed by atoms with Crippen LogP contribution >= 0.6 is 23.1 Å². The summed E-state index contributed by atoms with van der Waals surface area (Å²) >= 11 is 2.53. The molecule has 0 saturated carbocycles. The Kier molecular flexibility index (Phi) is 8.38. The normalized spacial score (nSPS) is 18.0. The van der Waals surface area contributed by atoms with Crippen LogP contribution in [0.5, 0.6) is 5.75 Å². The molecule has 2 heterocycles. The Morgan fingerprint density at radius 1 is 1.21 bits per heavy atom. The second-order valence-electron chi connectivity index (χ2n) is 11.0. The number of nitrogens with two attached hydrogens (primary N) is 1. The van der Waals surface area contributed by atoms with E-state index >= 15 is 0 Å². The van der Waals surface area contributed by atoms with Gasteiger partial charge in [0.2, 0.25) is 11.0 Å². The van der Waals surface area contributed by atoms with E-state index in [1.165, 1.54) is 23.1 Å². The number of rotatable bonds is 8. The van der Waals surface area contributed by atoms with Crippen molar-refractivity contribution in [3.63, 3.8) is 0 Å². The van der Waals surface area contributed by atoms with E-state index in [1.54, 1.807) is 29.2 Å². The molecule has 3 aromatic rings. The lowest BCUT2D eigenvalue weighted by Gasteiger charge is -2.42. The number of hydrogen-bond donors (Lipinski definition) is 2. The molecule has 9 nitrogen and oxygen atoms in total. The van der Waals surface area contributed by atoms with E-state index in [0.717, 1.165) is 22.6 Å². The van der Waals surface area contributed by atoms with Gasteiger partial charge in [0.1, 0.15) is 11.6 Å². The summed E-state index contributed by atoms with van der Waals surface area (Å²) in [6.07, 6.45) is 0.962. The van der Waals surface area contributed by atoms with Gasteiger partial charge in [-0.05, 0) is 61.1 Å². The third-order valence-electron chi connectivity index (χ3n) is 7.24. The number of carbonyl (C=O) groups excluding carboxylic acids is 2. The summed E-state index contributed by atoms with van der Waals surface area (Å²) in [4.78, 5) is 28.1. The number of nitrogens with one attached hydrogen (secondary N) is 1. The third kappa shape index (κ3) is 5.91. The Morgan fingerprint density at radius 2 is 1.95 bits per heavy atom. The first-order chi connectivity index (χ1) is 20.1. The second-order valence-corrected chi connectivity index (χ2v) is 13.2. The zero-order valence-electron chi connectivity index (χ0n) is 23.9. The molecule has 3 N–H and O–H groups in total. The van der Waals surface area contributed by atoms with Crippen LogP contribution in [0.2, 0.25) is 0 Å². The number of anilines is 2. The van der Waals surface area contributed by atoms with Crippen LogP contribution in [-0.2, 0) is 9.59 Å². The number of ether oxygens (including phenoxy) is 1. The van der Waals surface area contributed by atoms with E-state index in [0.29, 0.717) is 45.8 Å². The van der Waals surface area contributed by atoms with Crippen LogP contribution in [0, 0.1) is 23.7 Å². The highest BCUT2D eigenvalue weighted by molar-refractivity contribution is 8.01. The highest BCUT2D eigenvalue weighted by Crippen LogP contribution is 2.51. The van der Waals surface area contributed by atoms with Crippen LogP contribution < -0.4 is 20.7 Å². The highest BCUT2D eigenvalue weighted by Gasteiger charge is 2.45. The van der Waals surface area contributed by atoms with E-state index in [-0.39, 0.29) is 28.7 Å². The zero-order chi connectivity index (χ0) is 30.0. The predicted octanol–water partition coefficient (Wildman–Crippen LogP) is 5.92. The molecule has 11 heteroatoms. The van der Waals surface area contributed by atoms with Gasteiger partial charge in [-0.1, -0.05) is 61.2 Å². The summed E-state index contributed by atoms with van der Waals surface area (Å²) in [7, 11) is 0. The molecule has 1 aromatic heterocycles. The van der Waals surface area contributed by atoms with Crippen molar-refractivity contribution in [1.82, 2.24) is 10.2 Å². The number of aryl methyl sites for hydroxylation is 1. The standard InChI is InChI=1S/C31H32N6O3S2/c1-5-40-20-12-10-19(11-13-20)34-25(39)17-41-30-36-35-29(42-30)37-23-14-31(3,4)15-24(38)27(23)26(22(16-32)28(37)33)21-9-7-6-8-18(21)2/h6-13,26H,5,14-15,17,33H2,1-4H3,(H,34,39). The van der Waals surface area contributed by atoms with Crippen LogP contribution in [0.1, 0.15) is 50.7 Å². The van der Waals surface area contributed by atoms with Gasteiger partial charge in [-0.2, -0.15) is 5.26 Å². The molecule has 0 radical (unpaired) electrons. The monoisotopic (exact) mass is 600 g/mol. The van der Waals surface area contributed by atoms with Gasteiger partial charge in [0.25, 0.3) is 0 Å². The SMILES string of the molecule is CCOc1ccc(NC(=O)CSc2nnc(N3C(N)=C(C#N)C(c4ccccc4C)C4=C3CC(C)(C)CC4=O)s2)cc1. The van der Waals surface area contributed by atoms with Gasteiger partial charge in [0.15, 0.2) is 10.1 Å². The molecule has 1 aliphatic heterocycles. The van der Waals surface area contributed by atoms with E-state index in [4.69, 9.17) is 10.5 Å². The first-order valence-electron chi connectivity index (χ1n) is 13.6. The molecule has 0 saturated heterocycles. The van der Waals surface area contributed by atoms with Crippen LogP contribution in [0.15, 0.2) is 75.5 Å². The number of amides is 1. The minimum atomic E-state index is -0.542. The molecule has 0 bridgehead atoms. The number of hydrogen-bond acceptors (Lipinski definition) is 10.